The molecule has 21 heavy (non-hydrogen) atoms. The maximum absolute atomic E-state index is 12.1. The number of hydrogen-bond donors (Lipinski definition) is 1. The highest BCUT2D eigenvalue weighted by Gasteiger charge is 2.25. The van der Waals surface area contributed by atoms with E-state index in [1.807, 2.05) is 36.2 Å². The lowest BCUT2D eigenvalue weighted by Crippen LogP contribution is -2.30. The first-order valence-corrected chi connectivity index (χ1v) is 8.29. The van der Waals surface area contributed by atoms with Crippen LogP contribution in [0, 0.1) is 5.92 Å². The third-order valence-electron chi connectivity index (χ3n) is 3.76. The van der Waals surface area contributed by atoms with Gasteiger partial charge in [0, 0.05) is 19.5 Å². The molecule has 1 amide bonds. The Morgan fingerprint density at radius 3 is 3.05 bits per heavy atom. The minimum atomic E-state index is 0.254. The van der Waals surface area contributed by atoms with E-state index in [0.717, 1.165) is 42.7 Å². The van der Waals surface area contributed by atoms with Crippen LogP contribution in [0.3, 0.4) is 0 Å². The second kappa shape index (κ2) is 8.39. The van der Waals surface area contributed by atoms with E-state index < -0.39 is 0 Å². The number of nitrogens with zero attached hydrogens (tertiary/aromatic N) is 1. The number of carbonyl (C=O) groups is 1. The molecule has 1 fully saturated rings. The summed E-state index contributed by atoms with van der Waals surface area (Å²) in [5, 5.41) is 3.18. The van der Waals surface area contributed by atoms with Gasteiger partial charge in [0.1, 0.15) is 5.75 Å². The van der Waals surface area contributed by atoms with Gasteiger partial charge in [0.15, 0.2) is 0 Å². The van der Waals surface area contributed by atoms with Gasteiger partial charge in [-0.15, -0.1) is 0 Å². The van der Waals surface area contributed by atoms with Gasteiger partial charge in [-0.1, -0.05) is 12.1 Å². The minimum absolute atomic E-state index is 0.254. The maximum atomic E-state index is 12.1. The minimum Gasteiger partial charge on any atom is -0.492 e. The fraction of sp³-hybridized carbons (Fsp3) is 0.562. The Morgan fingerprint density at radius 1 is 1.48 bits per heavy atom. The average Bonchev–Trinajstić information content (AvgIpc) is 2.94. The van der Waals surface area contributed by atoms with E-state index in [9.17, 15) is 4.79 Å². The van der Waals surface area contributed by atoms with Crippen LogP contribution < -0.4 is 10.1 Å². The number of amides is 1. The molecule has 0 spiro atoms. The Hall–Kier alpha value is -1.07. The molecule has 0 aromatic heterocycles. The monoisotopic (exact) mass is 354 g/mol. The van der Waals surface area contributed by atoms with Gasteiger partial charge in [-0.3, -0.25) is 4.79 Å². The van der Waals surface area contributed by atoms with Crippen LogP contribution in [-0.4, -0.2) is 44.1 Å². The molecular formula is C16H23BrN2O2. The van der Waals surface area contributed by atoms with Crippen LogP contribution in [0.2, 0.25) is 0 Å². The zero-order valence-corrected chi connectivity index (χ0v) is 14.1. The summed E-state index contributed by atoms with van der Waals surface area (Å²) in [6, 6.07) is 7.77. The number of ether oxygens (including phenoxy) is 1. The van der Waals surface area contributed by atoms with Crippen molar-refractivity contribution in [2.75, 3.05) is 33.3 Å². The number of rotatable bonds is 7. The molecule has 0 saturated carbocycles. The standard InChI is InChI=1S/C16H23BrN2O2/c1-18-11-13-8-9-19(12-13)16(20)7-4-10-21-15-6-3-2-5-14(15)17/h2-3,5-6,13,18H,4,7-12H2,1H3. The zero-order chi connectivity index (χ0) is 15.1. The molecule has 0 aliphatic carbocycles. The van der Waals surface area contributed by atoms with Crippen molar-refractivity contribution in [3.63, 3.8) is 0 Å². The quantitative estimate of drug-likeness (QED) is 0.765. The van der Waals surface area contributed by atoms with Crippen LogP contribution in [0.25, 0.3) is 0 Å². The average molecular weight is 355 g/mol. The molecule has 1 aliphatic heterocycles. The van der Waals surface area contributed by atoms with Crippen molar-refractivity contribution in [3.8, 4) is 5.75 Å². The molecule has 0 radical (unpaired) electrons. The largest absolute Gasteiger partial charge is 0.492 e. The lowest BCUT2D eigenvalue weighted by atomic mass is 10.1. The summed E-state index contributed by atoms with van der Waals surface area (Å²) in [5.41, 5.74) is 0. The summed E-state index contributed by atoms with van der Waals surface area (Å²) in [6.07, 6.45) is 2.43. The number of para-hydroxylation sites is 1. The molecule has 2 rings (SSSR count). The Bertz CT molecular complexity index is 467. The fourth-order valence-corrected chi connectivity index (χ4v) is 3.04. The highest BCUT2D eigenvalue weighted by atomic mass is 79.9. The van der Waals surface area contributed by atoms with E-state index in [2.05, 4.69) is 21.2 Å². The first-order chi connectivity index (χ1) is 10.2. The SMILES string of the molecule is CNCC1CCN(C(=O)CCCOc2ccccc2Br)C1. The Labute approximate surface area is 135 Å². The van der Waals surface area contributed by atoms with E-state index >= 15 is 0 Å². The molecule has 5 heteroatoms. The summed E-state index contributed by atoms with van der Waals surface area (Å²) in [5.74, 6) is 1.69. The van der Waals surface area contributed by atoms with Crippen LogP contribution in [0.15, 0.2) is 28.7 Å². The third kappa shape index (κ3) is 5.00. The lowest BCUT2D eigenvalue weighted by molar-refractivity contribution is -0.130. The first kappa shape index (κ1) is 16.3. The van der Waals surface area contributed by atoms with E-state index in [-0.39, 0.29) is 5.91 Å². The highest BCUT2D eigenvalue weighted by molar-refractivity contribution is 9.10. The van der Waals surface area contributed by atoms with Crippen LogP contribution in [-0.2, 0) is 4.79 Å². The van der Waals surface area contributed by atoms with E-state index in [4.69, 9.17) is 4.74 Å². The molecule has 1 saturated heterocycles. The van der Waals surface area contributed by atoms with E-state index in [1.165, 1.54) is 0 Å². The number of likely N-dealkylation sites (tertiary alicyclic amines) is 1. The molecule has 1 N–H and O–H groups in total. The van der Waals surface area contributed by atoms with Crippen LogP contribution >= 0.6 is 15.9 Å². The van der Waals surface area contributed by atoms with Crippen molar-refractivity contribution in [1.29, 1.82) is 0 Å². The van der Waals surface area contributed by atoms with E-state index in [1.54, 1.807) is 0 Å². The van der Waals surface area contributed by atoms with Crippen molar-refractivity contribution < 1.29 is 9.53 Å². The number of carbonyl (C=O) groups excluding carboxylic acids is 1. The first-order valence-electron chi connectivity index (χ1n) is 7.50. The van der Waals surface area contributed by atoms with Gasteiger partial charge in [-0.05, 0) is 60.4 Å². The van der Waals surface area contributed by atoms with Crippen molar-refractivity contribution in [2.24, 2.45) is 5.92 Å². The lowest BCUT2D eigenvalue weighted by Gasteiger charge is -2.16. The van der Waals surface area contributed by atoms with Gasteiger partial charge < -0.3 is 15.0 Å². The zero-order valence-electron chi connectivity index (χ0n) is 12.5. The van der Waals surface area contributed by atoms with E-state index in [0.29, 0.717) is 18.9 Å². The summed E-state index contributed by atoms with van der Waals surface area (Å²) in [6.45, 7) is 3.36. The summed E-state index contributed by atoms with van der Waals surface area (Å²) in [4.78, 5) is 14.1. The smallest absolute Gasteiger partial charge is 0.222 e. The van der Waals surface area contributed by atoms with Crippen molar-refractivity contribution in [3.05, 3.63) is 28.7 Å². The van der Waals surface area contributed by atoms with Crippen LogP contribution in [0.1, 0.15) is 19.3 Å². The predicted molar refractivity (Wildman–Crippen MR) is 87.5 cm³/mol. The highest BCUT2D eigenvalue weighted by Crippen LogP contribution is 2.24. The fourth-order valence-electron chi connectivity index (χ4n) is 2.64. The van der Waals surface area contributed by atoms with Gasteiger partial charge in [-0.25, -0.2) is 0 Å². The molecule has 4 nitrogen and oxygen atoms in total. The molecule has 1 aliphatic rings. The molecular weight excluding hydrogens is 332 g/mol. The Balaban J connectivity index is 1.65. The Kier molecular flexibility index (Phi) is 6.51. The van der Waals surface area contributed by atoms with Crippen molar-refractivity contribution in [2.45, 2.75) is 19.3 Å². The van der Waals surface area contributed by atoms with Crippen LogP contribution in [0.4, 0.5) is 0 Å². The number of nitrogens with one attached hydrogen (secondary N) is 1. The third-order valence-corrected chi connectivity index (χ3v) is 4.42. The van der Waals surface area contributed by atoms with Gasteiger partial charge in [0.25, 0.3) is 0 Å². The summed E-state index contributed by atoms with van der Waals surface area (Å²) in [7, 11) is 1.96. The maximum Gasteiger partial charge on any atom is 0.222 e. The van der Waals surface area contributed by atoms with Crippen molar-refractivity contribution >= 4 is 21.8 Å². The van der Waals surface area contributed by atoms with Gasteiger partial charge in [0.05, 0.1) is 11.1 Å². The molecule has 1 atom stereocenters. The number of benzene rings is 1. The van der Waals surface area contributed by atoms with Crippen molar-refractivity contribution in [1.82, 2.24) is 10.2 Å². The summed E-state index contributed by atoms with van der Waals surface area (Å²) >= 11 is 3.45. The molecule has 0 bridgehead atoms. The normalized spacial score (nSPS) is 18.0. The predicted octanol–water partition coefficient (Wildman–Crippen LogP) is 2.68. The van der Waals surface area contributed by atoms with Crippen LogP contribution in [0.5, 0.6) is 5.75 Å². The molecule has 1 heterocycles. The number of hydrogen-bond acceptors (Lipinski definition) is 3. The topological polar surface area (TPSA) is 41.6 Å². The molecule has 1 unspecified atom stereocenters. The van der Waals surface area contributed by atoms with Gasteiger partial charge >= 0.3 is 0 Å². The summed E-state index contributed by atoms with van der Waals surface area (Å²) < 4.78 is 6.63. The second-order valence-electron chi connectivity index (χ2n) is 5.43. The molecule has 116 valence electrons. The van der Waals surface area contributed by atoms with Gasteiger partial charge in [0.2, 0.25) is 5.91 Å². The molecule has 1 aromatic rings. The van der Waals surface area contributed by atoms with Gasteiger partial charge in [-0.2, -0.15) is 0 Å². The Morgan fingerprint density at radius 2 is 2.29 bits per heavy atom. The molecule has 1 aromatic carbocycles. The number of halogens is 1. The second-order valence-corrected chi connectivity index (χ2v) is 6.29.